The zero-order valence-corrected chi connectivity index (χ0v) is 15.1. The zero-order valence-electron chi connectivity index (χ0n) is 13.5. The third-order valence-electron chi connectivity index (χ3n) is 4.18. The number of sulfone groups is 1. The molecule has 0 bridgehead atoms. The van der Waals surface area contributed by atoms with Gasteiger partial charge in [-0.1, -0.05) is 24.3 Å². The number of hydrogen-bond donors (Lipinski definition) is 1. The van der Waals surface area contributed by atoms with Gasteiger partial charge in [0.15, 0.2) is 9.84 Å². The average Bonchev–Trinajstić information content (AvgIpc) is 3.13. The standard InChI is InChI=1S/C17H20N2O3S2/c1-12-19-16(10-23-12)14-4-2-13(3-5-14)6-8-18-17(20)15-7-9-24(21,22)11-15/h2-5,10,15H,6-9,11H2,1H3,(H,18,20). The number of aryl methyl sites for hydroxylation is 1. The smallest absolute Gasteiger partial charge is 0.224 e. The van der Waals surface area contributed by atoms with Crippen molar-refractivity contribution < 1.29 is 13.2 Å². The Labute approximate surface area is 146 Å². The summed E-state index contributed by atoms with van der Waals surface area (Å²) in [7, 11) is -3.01. The lowest BCUT2D eigenvalue weighted by Gasteiger charge is -2.09. The monoisotopic (exact) mass is 364 g/mol. The summed E-state index contributed by atoms with van der Waals surface area (Å²) >= 11 is 1.63. The Morgan fingerprint density at radius 3 is 2.67 bits per heavy atom. The quantitative estimate of drug-likeness (QED) is 0.882. The van der Waals surface area contributed by atoms with Gasteiger partial charge in [-0.05, 0) is 25.3 Å². The van der Waals surface area contributed by atoms with Gasteiger partial charge in [-0.15, -0.1) is 11.3 Å². The van der Waals surface area contributed by atoms with Crippen LogP contribution in [0.15, 0.2) is 29.6 Å². The molecule has 7 heteroatoms. The molecule has 128 valence electrons. The van der Waals surface area contributed by atoms with E-state index in [4.69, 9.17) is 0 Å². The predicted molar refractivity (Wildman–Crippen MR) is 95.8 cm³/mol. The average molecular weight is 364 g/mol. The van der Waals surface area contributed by atoms with Crippen LogP contribution in [-0.4, -0.2) is 37.4 Å². The molecule has 0 aliphatic carbocycles. The van der Waals surface area contributed by atoms with Crippen molar-refractivity contribution in [3.8, 4) is 11.3 Å². The molecule has 0 saturated carbocycles. The molecule has 1 fully saturated rings. The molecular weight excluding hydrogens is 344 g/mol. The zero-order chi connectivity index (χ0) is 17.2. The maximum absolute atomic E-state index is 12.0. The molecule has 1 N–H and O–H groups in total. The summed E-state index contributed by atoms with van der Waals surface area (Å²) in [6, 6.07) is 8.15. The molecule has 1 aromatic carbocycles. The molecule has 1 amide bonds. The minimum atomic E-state index is -3.01. The number of thiazole rings is 1. The van der Waals surface area contributed by atoms with Crippen molar-refractivity contribution in [3.05, 3.63) is 40.2 Å². The van der Waals surface area contributed by atoms with E-state index in [2.05, 4.69) is 10.3 Å². The Morgan fingerprint density at radius 1 is 1.33 bits per heavy atom. The first-order valence-electron chi connectivity index (χ1n) is 7.92. The summed E-state index contributed by atoms with van der Waals surface area (Å²) < 4.78 is 22.8. The van der Waals surface area contributed by atoms with Crippen LogP contribution in [-0.2, 0) is 21.1 Å². The van der Waals surface area contributed by atoms with Crippen molar-refractivity contribution in [2.24, 2.45) is 5.92 Å². The highest BCUT2D eigenvalue weighted by atomic mass is 32.2. The van der Waals surface area contributed by atoms with E-state index in [1.165, 1.54) is 0 Å². The fraction of sp³-hybridized carbons (Fsp3) is 0.412. The number of benzene rings is 1. The first-order chi connectivity index (χ1) is 11.4. The van der Waals surface area contributed by atoms with Gasteiger partial charge in [-0.2, -0.15) is 0 Å². The maximum Gasteiger partial charge on any atom is 0.224 e. The van der Waals surface area contributed by atoms with Crippen LogP contribution in [0.2, 0.25) is 0 Å². The van der Waals surface area contributed by atoms with Crippen LogP contribution in [0.3, 0.4) is 0 Å². The van der Waals surface area contributed by atoms with E-state index in [1.54, 1.807) is 11.3 Å². The molecule has 2 aromatic rings. The highest BCUT2D eigenvalue weighted by molar-refractivity contribution is 7.91. The Bertz CT molecular complexity index is 826. The fourth-order valence-electron chi connectivity index (χ4n) is 2.81. The Balaban J connectivity index is 1.49. The van der Waals surface area contributed by atoms with E-state index in [0.717, 1.165) is 28.2 Å². The lowest BCUT2D eigenvalue weighted by atomic mass is 10.1. The topological polar surface area (TPSA) is 76.1 Å². The van der Waals surface area contributed by atoms with Crippen LogP contribution in [0, 0.1) is 12.8 Å². The molecule has 3 rings (SSSR count). The van der Waals surface area contributed by atoms with E-state index in [9.17, 15) is 13.2 Å². The molecule has 0 radical (unpaired) electrons. The first-order valence-corrected chi connectivity index (χ1v) is 10.6. The van der Waals surface area contributed by atoms with Gasteiger partial charge < -0.3 is 5.32 Å². The SMILES string of the molecule is Cc1nc(-c2ccc(CCNC(=O)C3CCS(=O)(=O)C3)cc2)cs1. The normalized spacial score (nSPS) is 19.3. The van der Waals surface area contributed by atoms with E-state index < -0.39 is 9.84 Å². The number of amides is 1. The van der Waals surface area contributed by atoms with Gasteiger partial charge in [0.2, 0.25) is 5.91 Å². The summed E-state index contributed by atoms with van der Waals surface area (Å²) in [5.41, 5.74) is 3.20. The van der Waals surface area contributed by atoms with Gasteiger partial charge in [-0.3, -0.25) is 4.79 Å². The van der Waals surface area contributed by atoms with Crippen molar-refractivity contribution in [3.63, 3.8) is 0 Å². The number of carbonyl (C=O) groups is 1. The summed E-state index contributed by atoms with van der Waals surface area (Å²) in [5, 5.41) is 5.94. The summed E-state index contributed by atoms with van der Waals surface area (Å²) in [6.07, 6.45) is 1.16. The number of nitrogens with one attached hydrogen (secondary N) is 1. The molecule has 1 aromatic heterocycles. The minimum absolute atomic E-state index is 0.0133. The van der Waals surface area contributed by atoms with Crippen LogP contribution < -0.4 is 5.32 Å². The Hall–Kier alpha value is -1.73. The lowest BCUT2D eigenvalue weighted by Crippen LogP contribution is -2.32. The fourth-order valence-corrected chi connectivity index (χ4v) is 5.18. The van der Waals surface area contributed by atoms with Gasteiger partial charge in [-0.25, -0.2) is 13.4 Å². The first kappa shape index (κ1) is 17.1. The largest absolute Gasteiger partial charge is 0.356 e. The maximum atomic E-state index is 12.0. The van der Waals surface area contributed by atoms with Crippen LogP contribution in [0.5, 0.6) is 0 Å². The number of carbonyl (C=O) groups excluding carboxylic acids is 1. The summed E-state index contributed by atoms with van der Waals surface area (Å²) in [4.78, 5) is 16.4. The molecule has 1 aliphatic heterocycles. The highest BCUT2D eigenvalue weighted by Crippen LogP contribution is 2.22. The second-order valence-corrected chi connectivity index (χ2v) is 9.38. The molecule has 1 atom stereocenters. The Kier molecular flexibility index (Phi) is 5.01. The molecule has 0 spiro atoms. The molecule has 1 saturated heterocycles. The third-order valence-corrected chi connectivity index (χ3v) is 6.73. The van der Waals surface area contributed by atoms with Gasteiger partial charge in [0.25, 0.3) is 0 Å². The van der Waals surface area contributed by atoms with E-state index in [-0.39, 0.29) is 23.3 Å². The minimum Gasteiger partial charge on any atom is -0.356 e. The molecule has 1 unspecified atom stereocenters. The Morgan fingerprint density at radius 2 is 2.08 bits per heavy atom. The van der Waals surface area contributed by atoms with Crippen LogP contribution >= 0.6 is 11.3 Å². The van der Waals surface area contributed by atoms with E-state index in [0.29, 0.717) is 13.0 Å². The van der Waals surface area contributed by atoms with E-state index in [1.807, 2.05) is 36.6 Å². The summed E-state index contributed by atoms with van der Waals surface area (Å²) in [5.74, 6) is -0.417. The molecule has 24 heavy (non-hydrogen) atoms. The van der Waals surface area contributed by atoms with Crippen molar-refractivity contribution >= 4 is 27.1 Å². The second-order valence-electron chi connectivity index (χ2n) is 6.09. The van der Waals surface area contributed by atoms with Gasteiger partial charge in [0, 0.05) is 17.5 Å². The van der Waals surface area contributed by atoms with E-state index >= 15 is 0 Å². The number of hydrogen-bond acceptors (Lipinski definition) is 5. The molecule has 2 heterocycles. The number of nitrogens with zero attached hydrogens (tertiary/aromatic N) is 1. The van der Waals surface area contributed by atoms with Crippen molar-refractivity contribution in [1.82, 2.24) is 10.3 Å². The molecule has 5 nitrogen and oxygen atoms in total. The predicted octanol–water partition coefficient (Wildman–Crippen LogP) is 2.21. The van der Waals surface area contributed by atoms with Gasteiger partial charge >= 0.3 is 0 Å². The van der Waals surface area contributed by atoms with Gasteiger partial charge in [0.1, 0.15) is 0 Å². The second kappa shape index (κ2) is 7.03. The highest BCUT2D eigenvalue weighted by Gasteiger charge is 2.32. The number of aromatic nitrogens is 1. The van der Waals surface area contributed by atoms with Gasteiger partial charge in [0.05, 0.1) is 28.1 Å². The number of rotatable bonds is 5. The van der Waals surface area contributed by atoms with Crippen molar-refractivity contribution in [1.29, 1.82) is 0 Å². The van der Waals surface area contributed by atoms with Crippen LogP contribution in [0.25, 0.3) is 11.3 Å². The van der Waals surface area contributed by atoms with Crippen LogP contribution in [0.1, 0.15) is 17.0 Å². The molecule has 1 aliphatic rings. The third kappa shape index (κ3) is 4.21. The van der Waals surface area contributed by atoms with Crippen molar-refractivity contribution in [2.75, 3.05) is 18.1 Å². The molecular formula is C17H20N2O3S2. The van der Waals surface area contributed by atoms with Crippen LogP contribution in [0.4, 0.5) is 0 Å². The lowest BCUT2D eigenvalue weighted by molar-refractivity contribution is -0.124. The van der Waals surface area contributed by atoms with Crippen molar-refractivity contribution in [2.45, 2.75) is 19.8 Å². The summed E-state index contributed by atoms with van der Waals surface area (Å²) in [6.45, 7) is 2.51.